The van der Waals surface area contributed by atoms with Gasteiger partial charge >= 0.3 is 0 Å². The molecule has 0 unspecified atom stereocenters. The number of nitrogens with zero attached hydrogens (tertiary/aromatic N) is 1. The summed E-state index contributed by atoms with van der Waals surface area (Å²) in [5, 5.41) is 2.95. The van der Waals surface area contributed by atoms with Crippen molar-refractivity contribution >= 4 is 5.91 Å². The third kappa shape index (κ3) is 3.20. The fourth-order valence-corrected chi connectivity index (χ4v) is 3.15. The summed E-state index contributed by atoms with van der Waals surface area (Å²) >= 11 is 0. The van der Waals surface area contributed by atoms with Crippen LogP contribution in [0.4, 0.5) is 0 Å². The normalized spacial score (nSPS) is 24.1. The minimum Gasteiger partial charge on any atom is -0.381 e. The molecule has 1 atom stereocenters. The monoisotopic (exact) mass is 307 g/mol. The van der Waals surface area contributed by atoms with Gasteiger partial charge in [-0.3, -0.25) is 9.59 Å². The van der Waals surface area contributed by atoms with Gasteiger partial charge in [-0.25, -0.2) is 4.98 Å². The molecule has 0 bridgehead atoms. The van der Waals surface area contributed by atoms with E-state index in [9.17, 15) is 9.59 Å². The summed E-state index contributed by atoms with van der Waals surface area (Å²) in [7, 11) is 0. The van der Waals surface area contributed by atoms with E-state index in [4.69, 9.17) is 9.47 Å². The lowest BCUT2D eigenvalue weighted by molar-refractivity contribution is -0.139. The lowest BCUT2D eigenvalue weighted by Gasteiger charge is -2.43. The Morgan fingerprint density at radius 1 is 1.41 bits per heavy atom. The number of hydrogen-bond acceptors (Lipinski definition) is 5. The third-order valence-electron chi connectivity index (χ3n) is 4.40. The molecule has 3 rings (SSSR count). The predicted molar refractivity (Wildman–Crippen MR) is 78.8 cm³/mol. The Bertz CT molecular complexity index is 602. The first-order valence-corrected chi connectivity index (χ1v) is 7.66. The van der Waals surface area contributed by atoms with Crippen LogP contribution in [0.2, 0.25) is 0 Å². The Morgan fingerprint density at radius 3 is 2.91 bits per heavy atom. The van der Waals surface area contributed by atoms with E-state index in [0.717, 1.165) is 25.7 Å². The van der Waals surface area contributed by atoms with E-state index >= 15 is 0 Å². The molecule has 0 aromatic carbocycles. The summed E-state index contributed by atoms with van der Waals surface area (Å²) in [6.07, 6.45) is 4.55. The topological polar surface area (TPSA) is 93.3 Å². The van der Waals surface area contributed by atoms with E-state index in [1.165, 1.54) is 6.20 Å². The number of aryl methyl sites for hydroxylation is 1. The van der Waals surface area contributed by atoms with Gasteiger partial charge in [-0.1, -0.05) is 0 Å². The van der Waals surface area contributed by atoms with Crippen LogP contribution in [0.1, 0.15) is 41.9 Å². The van der Waals surface area contributed by atoms with Crippen LogP contribution in [0.15, 0.2) is 11.0 Å². The lowest BCUT2D eigenvalue weighted by Crippen LogP contribution is -2.51. The fraction of sp³-hybridized carbons (Fsp3) is 0.667. The summed E-state index contributed by atoms with van der Waals surface area (Å²) in [6, 6.07) is 0.0139. The van der Waals surface area contributed by atoms with Crippen molar-refractivity contribution in [1.29, 1.82) is 0 Å². The highest BCUT2D eigenvalue weighted by atomic mass is 16.5. The Kier molecular flexibility index (Phi) is 4.26. The first-order chi connectivity index (χ1) is 10.6. The molecule has 120 valence electrons. The molecular formula is C15H21N3O4. The first-order valence-electron chi connectivity index (χ1n) is 7.66. The van der Waals surface area contributed by atoms with E-state index in [1.807, 2.05) is 0 Å². The Labute approximate surface area is 128 Å². The molecule has 1 aromatic heterocycles. The second-order valence-corrected chi connectivity index (χ2v) is 6.02. The largest absolute Gasteiger partial charge is 0.381 e. The van der Waals surface area contributed by atoms with Crippen LogP contribution in [0.3, 0.4) is 0 Å². The molecule has 2 fully saturated rings. The highest BCUT2D eigenvalue weighted by Crippen LogP contribution is 2.34. The van der Waals surface area contributed by atoms with Crippen LogP contribution in [-0.2, 0) is 9.47 Å². The van der Waals surface area contributed by atoms with Gasteiger partial charge in [0.25, 0.3) is 11.5 Å². The van der Waals surface area contributed by atoms with Gasteiger partial charge in [-0.15, -0.1) is 0 Å². The summed E-state index contributed by atoms with van der Waals surface area (Å²) in [5.41, 5.74) is -0.539. The highest BCUT2D eigenvalue weighted by Gasteiger charge is 2.39. The Morgan fingerprint density at radius 2 is 2.18 bits per heavy atom. The second kappa shape index (κ2) is 6.18. The number of ether oxygens (including phenoxy) is 2. The number of amides is 1. The van der Waals surface area contributed by atoms with Gasteiger partial charge in [-0.2, -0.15) is 0 Å². The Hall–Kier alpha value is -1.73. The van der Waals surface area contributed by atoms with Crippen molar-refractivity contribution in [2.24, 2.45) is 0 Å². The van der Waals surface area contributed by atoms with Gasteiger partial charge in [0.05, 0.1) is 5.60 Å². The zero-order valence-electron chi connectivity index (χ0n) is 12.7. The van der Waals surface area contributed by atoms with Gasteiger partial charge in [0.2, 0.25) is 0 Å². The van der Waals surface area contributed by atoms with E-state index in [-0.39, 0.29) is 23.1 Å². The van der Waals surface area contributed by atoms with Gasteiger partial charge in [0.15, 0.2) is 0 Å². The van der Waals surface area contributed by atoms with Crippen LogP contribution in [-0.4, -0.2) is 47.3 Å². The van der Waals surface area contributed by atoms with E-state index < -0.39 is 5.56 Å². The number of aromatic amines is 1. The van der Waals surface area contributed by atoms with Gasteiger partial charge in [0.1, 0.15) is 11.4 Å². The molecule has 7 nitrogen and oxygen atoms in total. The van der Waals surface area contributed by atoms with Crippen molar-refractivity contribution in [1.82, 2.24) is 15.3 Å². The van der Waals surface area contributed by atoms with Crippen molar-refractivity contribution < 1.29 is 14.3 Å². The van der Waals surface area contributed by atoms with Crippen molar-refractivity contribution in [2.45, 2.75) is 44.2 Å². The molecular weight excluding hydrogens is 286 g/mol. The maximum absolute atomic E-state index is 12.3. The fourth-order valence-electron chi connectivity index (χ4n) is 3.15. The molecule has 2 saturated heterocycles. The third-order valence-corrected chi connectivity index (χ3v) is 4.40. The van der Waals surface area contributed by atoms with Crippen molar-refractivity contribution in [3.8, 4) is 0 Å². The predicted octanol–water partition coefficient (Wildman–Crippen LogP) is 0.536. The number of rotatable bonds is 2. The van der Waals surface area contributed by atoms with Crippen molar-refractivity contribution in [3.05, 3.63) is 27.9 Å². The maximum atomic E-state index is 12.3. The molecule has 22 heavy (non-hydrogen) atoms. The van der Waals surface area contributed by atoms with Crippen LogP contribution in [0, 0.1) is 6.92 Å². The van der Waals surface area contributed by atoms with E-state index in [1.54, 1.807) is 6.92 Å². The van der Waals surface area contributed by atoms with Gasteiger partial charge in [-0.05, 0) is 32.6 Å². The Balaban J connectivity index is 1.67. The molecule has 3 heterocycles. The molecule has 2 aliphatic rings. The average Bonchev–Trinajstić information content (AvgIpc) is 2.48. The number of aromatic nitrogens is 2. The number of carbonyl (C=O) groups excluding carboxylic acids is 1. The molecule has 0 saturated carbocycles. The summed E-state index contributed by atoms with van der Waals surface area (Å²) in [4.78, 5) is 30.6. The highest BCUT2D eigenvalue weighted by molar-refractivity contribution is 5.93. The molecule has 2 N–H and O–H groups in total. The lowest BCUT2D eigenvalue weighted by atomic mass is 9.84. The van der Waals surface area contributed by atoms with Crippen molar-refractivity contribution in [3.63, 3.8) is 0 Å². The minimum absolute atomic E-state index is 0.0139. The summed E-state index contributed by atoms with van der Waals surface area (Å²) in [5.74, 6) is 0.122. The number of hydrogen-bond donors (Lipinski definition) is 2. The van der Waals surface area contributed by atoms with Crippen LogP contribution >= 0.6 is 0 Å². The molecule has 2 aliphatic heterocycles. The standard InChI is InChI=1S/C15H21N3O4/c1-10-16-9-12(13(19)17-10)14(20)18-11-2-5-22-15(8-11)3-6-21-7-4-15/h9,11H,2-8H2,1H3,(H,18,20)(H,16,17,19)/t11-/m1/s1. The molecule has 1 spiro atoms. The summed E-state index contributed by atoms with van der Waals surface area (Å²) in [6.45, 7) is 3.69. The maximum Gasteiger partial charge on any atom is 0.263 e. The zero-order chi connectivity index (χ0) is 15.6. The van der Waals surface area contributed by atoms with E-state index in [0.29, 0.717) is 25.6 Å². The average molecular weight is 307 g/mol. The van der Waals surface area contributed by atoms with Crippen LogP contribution in [0.5, 0.6) is 0 Å². The second-order valence-electron chi connectivity index (χ2n) is 6.02. The van der Waals surface area contributed by atoms with Crippen LogP contribution < -0.4 is 10.9 Å². The zero-order valence-corrected chi connectivity index (χ0v) is 12.7. The molecule has 0 aliphatic carbocycles. The van der Waals surface area contributed by atoms with Crippen molar-refractivity contribution in [2.75, 3.05) is 19.8 Å². The molecule has 0 radical (unpaired) electrons. The molecule has 1 aromatic rings. The SMILES string of the molecule is Cc1ncc(C(=O)N[C@@H]2CCOC3(CCOCC3)C2)c(=O)[nH]1. The summed E-state index contributed by atoms with van der Waals surface area (Å²) < 4.78 is 11.3. The van der Waals surface area contributed by atoms with Gasteiger partial charge < -0.3 is 19.8 Å². The number of H-pyrrole nitrogens is 1. The quantitative estimate of drug-likeness (QED) is 0.831. The molecule has 1 amide bonds. The van der Waals surface area contributed by atoms with E-state index in [2.05, 4.69) is 15.3 Å². The molecule has 7 heteroatoms. The minimum atomic E-state index is -0.405. The van der Waals surface area contributed by atoms with Crippen LogP contribution in [0.25, 0.3) is 0 Å². The first kappa shape index (κ1) is 15.2. The number of carbonyl (C=O) groups is 1. The number of nitrogens with one attached hydrogen (secondary N) is 2. The smallest absolute Gasteiger partial charge is 0.263 e. The van der Waals surface area contributed by atoms with Gasteiger partial charge in [0, 0.05) is 32.1 Å².